The summed E-state index contributed by atoms with van der Waals surface area (Å²) in [6, 6.07) is 21.7. The molecule has 10 nitrogen and oxygen atoms in total. The molecule has 3 aromatic rings. The minimum absolute atomic E-state index is 0.383. The summed E-state index contributed by atoms with van der Waals surface area (Å²) in [4.78, 5) is 51.7. The zero-order chi connectivity index (χ0) is 32.7. The Morgan fingerprint density at radius 1 is 0.773 bits per heavy atom. The van der Waals surface area contributed by atoms with E-state index in [-0.39, 0.29) is 11.1 Å². The molecule has 0 aliphatic carbocycles. The summed E-state index contributed by atoms with van der Waals surface area (Å²) in [5, 5.41) is 43.7. The van der Waals surface area contributed by atoms with Gasteiger partial charge in [-0.25, -0.2) is 9.59 Å². The number of benzene rings is 3. The summed E-state index contributed by atoms with van der Waals surface area (Å²) in [6.07, 6.45) is 1.30. The van der Waals surface area contributed by atoms with E-state index in [0.717, 1.165) is 36.7 Å². The van der Waals surface area contributed by atoms with E-state index >= 15 is 0 Å². The van der Waals surface area contributed by atoms with Crippen molar-refractivity contribution in [2.45, 2.75) is 51.0 Å². The molecule has 0 bridgehead atoms. The maximum Gasteiger partial charge on any atom is 0.348 e. The van der Waals surface area contributed by atoms with Crippen molar-refractivity contribution in [2.75, 3.05) is 20.1 Å². The number of carbonyl (C=O) groups excluding carboxylic acids is 2. The maximum absolute atomic E-state index is 12.8. The molecule has 0 unspecified atom stereocenters. The highest BCUT2D eigenvalue weighted by Crippen LogP contribution is 2.32. The van der Waals surface area contributed by atoms with Gasteiger partial charge in [-0.2, -0.15) is 0 Å². The Morgan fingerprint density at radius 2 is 1.20 bits per heavy atom. The number of ketones is 2. The van der Waals surface area contributed by atoms with E-state index in [2.05, 4.69) is 54.5 Å². The monoisotopic (exact) mass is 604 g/mol. The molecular formula is C34H40N2O8. The molecule has 0 radical (unpaired) electrons. The number of Topliss-reactive ketones (excluding diaryl/α,β-unsaturated/α-hetero) is 2. The molecular weight excluding hydrogens is 564 g/mol. The fraction of sp³-hybridized carbons (Fsp3) is 0.353. The molecule has 234 valence electrons. The first-order chi connectivity index (χ1) is 20.7. The highest BCUT2D eigenvalue weighted by Gasteiger charge is 2.69. The van der Waals surface area contributed by atoms with Crippen LogP contribution < -0.4 is 5.32 Å². The Balaban J connectivity index is 0.000000278. The lowest BCUT2D eigenvalue weighted by atomic mass is 9.73. The summed E-state index contributed by atoms with van der Waals surface area (Å²) >= 11 is 0. The van der Waals surface area contributed by atoms with Crippen molar-refractivity contribution in [1.82, 2.24) is 10.2 Å². The molecule has 3 aromatic carbocycles. The van der Waals surface area contributed by atoms with Crippen molar-refractivity contribution >= 4 is 23.5 Å². The number of carboxylic acid groups (broad SMARTS) is 2. The Labute approximate surface area is 257 Å². The summed E-state index contributed by atoms with van der Waals surface area (Å²) < 4.78 is 0. The van der Waals surface area contributed by atoms with E-state index in [1.807, 2.05) is 0 Å². The van der Waals surface area contributed by atoms with Crippen molar-refractivity contribution in [3.8, 4) is 0 Å². The second-order valence-corrected chi connectivity index (χ2v) is 11.3. The van der Waals surface area contributed by atoms with E-state index in [1.54, 1.807) is 13.8 Å². The smallest absolute Gasteiger partial charge is 0.348 e. The molecule has 1 fully saturated rings. The first kappa shape index (κ1) is 34.3. The maximum atomic E-state index is 12.8. The van der Waals surface area contributed by atoms with Crippen molar-refractivity contribution in [2.24, 2.45) is 5.92 Å². The van der Waals surface area contributed by atoms with Crippen LogP contribution in [0.3, 0.4) is 0 Å². The van der Waals surface area contributed by atoms with Crippen LogP contribution in [0.5, 0.6) is 0 Å². The van der Waals surface area contributed by atoms with Gasteiger partial charge in [0, 0.05) is 30.3 Å². The zero-order valence-corrected chi connectivity index (χ0v) is 25.4. The van der Waals surface area contributed by atoms with Gasteiger partial charge in [0.15, 0.2) is 0 Å². The van der Waals surface area contributed by atoms with Crippen LogP contribution in [0.15, 0.2) is 78.9 Å². The molecule has 5 N–H and O–H groups in total. The van der Waals surface area contributed by atoms with E-state index in [1.165, 1.54) is 49.3 Å². The zero-order valence-electron chi connectivity index (χ0n) is 25.4. The number of likely N-dealkylation sites (N-methyl/N-ethyl adjacent to an activating group) is 1. The number of aliphatic hydroxyl groups is 2. The number of aliphatic carboxylic acids is 2. The Morgan fingerprint density at radius 3 is 1.59 bits per heavy atom. The highest BCUT2D eigenvalue weighted by molar-refractivity contribution is 6.28. The third-order valence-corrected chi connectivity index (χ3v) is 8.09. The SMILES string of the molecule is CN[C@H]1CN(Cc2ccccc2)CC[C@H]1C.Cc1ccc(C(=O)[C@](O)(C(=O)O)[C@@](O)(C(=O)O)C(=O)c2ccc(C)cc2)cc1. The van der Waals surface area contributed by atoms with Crippen LogP contribution in [0.25, 0.3) is 0 Å². The summed E-state index contributed by atoms with van der Waals surface area (Å²) in [5.41, 5.74) is -5.85. The van der Waals surface area contributed by atoms with Gasteiger partial charge in [0.2, 0.25) is 11.6 Å². The second-order valence-electron chi connectivity index (χ2n) is 11.3. The van der Waals surface area contributed by atoms with Crippen LogP contribution in [-0.4, -0.2) is 86.2 Å². The molecule has 1 aliphatic rings. The fourth-order valence-corrected chi connectivity index (χ4v) is 5.16. The number of nitrogens with zero attached hydrogens (tertiary/aromatic N) is 1. The third-order valence-electron chi connectivity index (χ3n) is 8.09. The summed E-state index contributed by atoms with van der Waals surface area (Å²) in [7, 11) is 2.08. The van der Waals surface area contributed by atoms with Crippen molar-refractivity contribution in [3.63, 3.8) is 0 Å². The Hall–Kier alpha value is -4.22. The van der Waals surface area contributed by atoms with Crippen LogP contribution in [0.1, 0.15) is 50.8 Å². The van der Waals surface area contributed by atoms with Crippen molar-refractivity contribution < 1.29 is 39.6 Å². The number of hydrogen-bond donors (Lipinski definition) is 5. The van der Waals surface area contributed by atoms with Gasteiger partial charge in [-0.3, -0.25) is 14.5 Å². The van der Waals surface area contributed by atoms with Gasteiger partial charge in [0.1, 0.15) is 0 Å². The predicted octanol–water partition coefficient (Wildman–Crippen LogP) is 3.12. The quantitative estimate of drug-likeness (QED) is 0.172. The van der Waals surface area contributed by atoms with Gasteiger partial charge in [0.05, 0.1) is 0 Å². The van der Waals surface area contributed by atoms with Crippen LogP contribution in [-0.2, 0) is 16.1 Å². The van der Waals surface area contributed by atoms with Gasteiger partial charge in [-0.05, 0) is 45.3 Å². The van der Waals surface area contributed by atoms with Crippen LogP contribution in [0.4, 0.5) is 0 Å². The molecule has 0 spiro atoms. The molecule has 0 amide bonds. The molecule has 44 heavy (non-hydrogen) atoms. The average molecular weight is 605 g/mol. The molecule has 0 saturated carbocycles. The molecule has 4 atom stereocenters. The van der Waals surface area contributed by atoms with Gasteiger partial charge in [-0.1, -0.05) is 96.9 Å². The number of carbonyl (C=O) groups is 4. The van der Waals surface area contributed by atoms with E-state index < -0.39 is 34.7 Å². The lowest BCUT2D eigenvalue weighted by Gasteiger charge is -2.37. The number of rotatable bonds is 10. The number of aryl methyl sites for hydroxylation is 2. The van der Waals surface area contributed by atoms with Crippen LogP contribution in [0, 0.1) is 19.8 Å². The normalized spacial score (nSPS) is 19.4. The standard InChI is InChI=1S/C20H18O8.C14H22N2/c1-11-3-7-13(8-4-11)15(21)19(27,17(23)24)20(28,18(25)26)16(22)14-9-5-12(2)6-10-14;1-12-8-9-16(11-14(12)15-2)10-13-6-4-3-5-7-13/h3-10,27-28H,1-2H3,(H,23,24)(H,25,26);3-7,12,14-15H,8-11H2,1-2H3/t19-,20-;12-,14+/m01/s1. The largest absolute Gasteiger partial charge is 0.479 e. The fourth-order valence-electron chi connectivity index (χ4n) is 5.16. The molecule has 4 rings (SSSR count). The average Bonchev–Trinajstić information content (AvgIpc) is 3.01. The minimum atomic E-state index is -3.96. The minimum Gasteiger partial charge on any atom is -0.479 e. The molecule has 10 heteroatoms. The second kappa shape index (κ2) is 14.5. The molecule has 1 saturated heterocycles. The summed E-state index contributed by atoms with van der Waals surface area (Å²) in [6.45, 7) is 9.21. The Kier molecular flexibility index (Phi) is 11.3. The lowest BCUT2D eigenvalue weighted by Crippen LogP contribution is -2.71. The van der Waals surface area contributed by atoms with Crippen molar-refractivity contribution in [1.29, 1.82) is 0 Å². The number of piperidine rings is 1. The van der Waals surface area contributed by atoms with Crippen LogP contribution >= 0.6 is 0 Å². The lowest BCUT2D eigenvalue weighted by molar-refractivity contribution is -0.187. The van der Waals surface area contributed by atoms with Gasteiger partial charge < -0.3 is 25.7 Å². The topological polar surface area (TPSA) is 164 Å². The number of nitrogens with one attached hydrogen (secondary N) is 1. The molecule has 1 heterocycles. The third kappa shape index (κ3) is 7.28. The van der Waals surface area contributed by atoms with Gasteiger partial charge in [0.25, 0.3) is 11.2 Å². The van der Waals surface area contributed by atoms with Crippen LogP contribution in [0.2, 0.25) is 0 Å². The van der Waals surface area contributed by atoms with Crippen molar-refractivity contribution in [3.05, 3.63) is 107 Å². The van der Waals surface area contributed by atoms with E-state index in [9.17, 15) is 39.6 Å². The van der Waals surface area contributed by atoms with Gasteiger partial charge >= 0.3 is 11.9 Å². The molecule has 1 aliphatic heterocycles. The number of hydrogen-bond acceptors (Lipinski definition) is 8. The molecule has 0 aromatic heterocycles. The highest BCUT2D eigenvalue weighted by atomic mass is 16.5. The number of carboxylic acids is 2. The Bertz CT molecular complexity index is 1380. The summed E-state index contributed by atoms with van der Waals surface area (Å²) in [5.74, 6) is -7.21. The van der Waals surface area contributed by atoms with Gasteiger partial charge in [-0.15, -0.1) is 0 Å². The van der Waals surface area contributed by atoms with E-state index in [4.69, 9.17) is 0 Å². The predicted molar refractivity (Wildman–Crippen MR) is 165 cm³/mol. The first-order valence-electron chi connectivity index (χ1n) is 14.3. The van der Waals surface area contributed by atoms with E-state index in [0.29, 0.717) is 17.2 Å². The number of likely N-dealkylation sites (tertiary alicyclic amines) is 1. The first-order valence-corrected chi connectivity index (χ1v) is 14.3.